The molecule has 0 radical (unpaired) electrons. The molecule has 0 aliphatic rings. The SMILES string of the molecule is c1ccc(-c2ccc(-c3cc(-c4cccc(-c5ccccc5)c4)cc(-c4cccc5c4oc4ccccc45)c3)cc2)cc1. The van der Waals surface area contributed by atoms with Gasteiger partial charge >= 0.3 is 0 Å². The molecule has 1 heterocycles. The van der Waals surface area contributed by atoms with Crippen molar-refractivity contribution in [2.24, 2.45) is 0 Å². The van der Waals surface area contributed by atoms with Crippen molar-refractivity contribution >= 4 is 21.9 Å². The first kappa shape index (κ1) is 25.1. The molecule has 0 atom stereocenters. The average molecular weight is 549 g/mol. The maximum absolute atomic E-state index is 6.47. The standard InChI is InChI=1S/C42H28O/c1-3-11-29(12-4-1)31-21-23-32(24-22-31)35-26-36(34-16-9-15-33(25-34)30-13-5-2-6-14-30)28-37(27-35)38-18-10-19-40-39-17-7-8-20-41(39)43-42(38)40/h1-28H. The molecule has 0 bridgehead atoms. The van der Waals surface area contributed by atoms with Crippen molar-refractivity contribution in [3.63, 3.8) is 0 Å². The Morgan fingerprint density at radius 1 is 0.279 bits per heavy atom. The molecule has 8 aromatic rings. The summed E-state index contributed by atoms with van der Waals surface area (Å²) < 4.78 is 6.47. The second kappa shape index (κ2) is 10.6. The fourth-order valence-electron chi connectivity index (χ4n) is 6.09. The van der Waals surface area contributed by atoms with E-state index in [-0.39, 0.29) is 0 Å². The Hall–Kier alpha value is -5.66. The van der Waals surface area contributed by atoms with Crippen LogP contribution in [0, 0.1) is 0 Å². The predicted molar refractivity (Wildman–Crippen MR) is 181 cm³/mol. The molecule has 202 valence electrons. The van der Waals surface area contributed by atoms with Crippen LogP contribution in [0.5, 0.6) is 0 Å². The Bertz CT molecular complexity index is 2200. The molecule has 7 aromatic carbocycles. The maximum atomic E-state index is 6.47. The first-order valence-electron chi connectivity index (χ1n) is 14.7. The van der Waals surface area contributed by atoms with Crippen molar-refractivity contribution in [1.82, 2.24) is 0 Å². The molecule has 1 nitrogen and oxygen atoms in total. The molecule has 0 aliphatic carbocycles. The van der Waals surface area contributed by atoms with Gasteiger partial charge in [0.25, 0.3) is 0 Å². The second-order valence-corrected chi connectivity index (χ2v) is 11.0. The lowest BCUT2D eigenvalue weighted by Gasteiger charge is -2.13. The highest BCUT2D eigenvalue weighted by atomic mass is 16.3. The van der Waals surface area contributed by atoms with Crippen LogP contribution < -0.4 is 0 Å². The van der Waals surface area contributed by atoms with Crippen molar-refractivity contribution in [3.05, 3.63) is 170 Å². The summed E-state index contributed by atoms with van der Waals surface area (Å²) in [5.74, 6) is 0. The number of hydrogen-bond acceptors (Lipinski definition) is 1. The van der Waals surface area contributed by atoms with E-state index in [9.17, 15) is 0 Å². The summed E-state index contributed by atoms with van der Waals surface area (Å²) in [6.07, 6.45) is 0. The van der Waals surface area contributed by atoms with E-state index in [1.165, 1.54) is 44.5 Å². The highest BCUT2D eigenvalue weighted by molar-refractivity contribution is 6.09. The molecule has 0 saturated carbocycles. The lowest BCUT2D eigenvalue weighted by Crippen LogP contribution is -1.88. The molecule has 0 spiro atoms. The van der Waals surface area contributed by atoms with Crippen molar-refractivity contribution in [1.29, 1.82) is 0 Å². The number of fused-ring (bicyclic) bond motifs is 3. The number of furan rings is 1. The van der Waals surface area contributed by atoms with Gasteiger partial charge in [0.1, 0.15) is 11.2 Å². The summed E-state index contributed by atoms with van der Waals surface area (Å²) in [6, 6.07) is 60.5. The molecular formula is C42H28O. The van der Waals surface area contributed by atoms with E-state index in [1.807, 2.05) is 12.1 Å². The Morgan fingerprint density at radius 2 is 0.721 bits per heavy atom. The van der Waals surface area contributed by atoms with Gasteiger partial charge in [-0.1, -0.05) is 140 Å². The molecule has 0 aliphatic heterocycles. The minimum Gasteiger partial charge on any atom is -0.455 e. The van der Waals surface area contributed by atoms with E-state index in [1.54, 1.807) is 0 Å². The molecule has 43 heavy (non-hydrogen) atoms. The van der Waals surface area contributed by atoms with E-state index in [2.05, 4.69) is 158 Å². The summed E-state index contributed by atoms with van der Waals surface area (Å²) >= 11 is 0. The van der Waals surface area contributed by atoms with Gasteiger partial charge in [-0.05, 0) is 80.4 Å². The third-order valence-electron chi connectivity index (χ3n) is 8.28. The lowest BCUT2D eigenvalue weighted by atomic mass is 9.91. The Morgan fingerprint density at radius 3 is 1.44 bits per heavy atom. The maximum Gasteiger partial charge on any atom is 0.143 e. The largest absolute Gasteiger partial charge is 0.455 e. The highest BCUT2D eigenvalue weighted by Gasteiger charge is 2.15. The Kier molecular flexibility index (Phi) is 6.20. The fraction of sp³-hybridized carbons (Fsp3) is 0. The minimum atomic E-state index is 0.911. The van der Waals surface area contributed by atoms with Crippen molar-refractivity contribution < 1.29 is 4.42 Å². The van der Waals surface area contributed by atoms with E-state index < -0.39 is 0 Å². The monoisotopic (exact) mass is 548 g/mol. The van der Waals surface area contributed by atoms with Crippen LogP contribution in [0.3, 0.4) is 0 Å². The first-order chi connectivity index (χ1) is 21.3. The third kappa shape index (κ3) is 4.71. The molecule has 0 N–H and O–H groups in total. The zero-order valence-electron chi connectivity index (χ0n) is 23.6. The molecule has 0 saturated heterocycles. The van der Waals surface area contributed by atoms with Gasteiger partial charge in [0.2, 0.25) is 0 Å². The van der Waals surface area contributed by atoms with Crippen molar-refractivity contribution in [2.45, 2.75) is 0 Å². The zero-order valence-corrected chi connectivity index (χ0v) is 23.6. The summed E-state index contributed by atoms with van der Waals surface area (Å²) in [6.45, 7) is 0. The van der Waals surface area contributed by atoms with Crippen LogP contribution in [0.1, 0.15) is 0 Å². The van der Waals surface area contributed by atoms with Gasteiger partial charge in [-0.2, -0.15) is 0 Å². The topological polar surface area (TPSA) is 13.1 Å². The van der Waals surface area contributed by atoms with Crippen LogP contribution in [0.4, 0.5) is 0 Å². The van der Waals surface area contributed by atoms with Crippen LogP contribution in [-0.4, -0.2) is 0 Å². The second-order valence-electron chi connectivity index (χ2n) is 11.0. The summed E-state index contributed by atoms with van der Waals surface area (Å²) in [4.78, 5) is 0. The zero-order chi connectivity index (χ0) is 28.6. The van der Waals surface area contributed by atoms with Crippen LogP contribution >= 0.6 is 0 Å². The molecule has 0 amide bonds. The molecule has 8 rings (SSSR count). The average Bonchev–Trinajstić information content (AvgIpc) is 3.48. The van der Waals surface area contributed by atoms with Gasteiger partial charge in [0.05, 0.1) is 0 Å². The molecule has 1 aromatic heterocycles. The van der Waals surface area contributed by atoms with Gasteiger partial charge < -0.3 is 4.42 Å². The van der Waals surface area contributed by atoms with E-state index in [4.69, 9.17) is 4.42 Å². The van der Waals surface area contributed by atoms with E-state index in [0.29, 0.717) is 0 Å². The minimum absolute atomic E-state index is 0.911. The van der Waals surface area contributed by atoms with Crippen LogP contribution in [-0.2, 0) is 0 Å². The third-order valence-corrected chi connectivity index (χ3v) is 8.28. The summed E-state index contributed by atoms with van der Waals surface area (Å²) in [5, 5.41) is 2.28. The number of rotatable bonds is 5. The van der Waals surface area contributed by atoms with Gasteiger partial charge in [-0.15, -0.1) is 0 Å². The van der Waals surface area contributed by atoms with Crippen molar-refractivity contribution in [2.75, 3.05) is 0 Å². The summed E-state index contributed by atoms with van der Waals surface area (Å²) in [7, 11) is 0. The van der Waals surface area contributed by atoms with E-state index in [0.717, 1.165) is 33.1 Å². The van der Waals surface area contributed by atoms with Crippen LogP contribution in [0.15, 0.2) is 174 Å². The smallest absolute Gasteiger partial charge is 0.143 e. The molecule has 0 fully saturated rings. The fourth-order valence-corrected chi connectivity index (χ4v) is 6.09. The normalized spacial score (nSPS) is 11.3. The number of para-hydroxylation sites is 2. The Labute approximate surface area is 251 Å². The lowest BCUT2D eigenvalue weighted by molar-refractivity contribution is 0.670. The molecule has 0 unspecified atom stereocenters. The van der Waals surface area contributed by atoms with E-state index >= 15 is 0 Å². The summed E-state index contributed by atoms with van der Waals surface area (Å²) in [5.41, 5.74) is 13.6. The number of benzene rings is 7. The number of hydrogen-bond donors (Lipinski definition) is 0. The highest BCUT2D eigenvalue weighted by Crippen LogP contribution is 2.40. The first-order valence-corrected chi connectivity index (χ1v) is 14.7. The molecular weight excluding hydrogens is 520 g/mol. The van der Waals surface area contributed by atoms with Gasteiger partial charge in [0.15, 0.2) is 0 Å². The predicted octanol–water partition coefficient (Wildman–Crippen LogP) is 11.9. The Balaban J connectivity index is 1.31. The quantitative estimate of drug-likeness (QED) is 0.208. The van der Waals surface area contributed by atoms with Gasteiger partial charge in [-0.3, -0.25) is 0 Å². The van der Waals surface area contributed by atoms with Crippen LogP contribution in [0.25, 0.3) is 77.6 Å². The van der Waals surface area contributed by atoms with Gasteiger partial charge in [0, 0.05) is 16.3 Å². The van der Waals surface area contributed by atoms with Crippen molar-refractivity contribution in [3.8, 4) is 55.6 Å². The molecule has 1 heteroatoms. The van der Waals surface area contributed by atoms with Crippen LogP contribution in [0.2, 0.25) is 0 Å². The van der Waals surface area contributed by atoms with Gasteiger partial charge in [-0.25, -0.2) is 0 Å².